The smallest absolute Gasteiger partial charge is 0.206 e. The number of halogens is 3. The van der Waals surface area contributed by atoms with Crippen molar-refractivity contribution in [1.29, 1.82) is 0 Å². The van der Waals surface area contributed by atoms with Crippen LogP contribution < -0.4 is 15.5 Å². The zero-order chi connectivity index (χ0) is 23.0. The van der Waals surface area contributed by atoms with Crippen molar-refractivity contribution in [2.75, 3.05) is 5.32 Å². The van der Waals surface area contributed by atoms with Gasteiger partial charge in [0.15, 0.2) is 11.5 Å². The molecule has 32 heavy (non-hydrogen) atoms. The van der Waals surface area contributed by atoms with Crippen LogP contribution in [0.15, 0.2) is 35.1 Å². The molecule has 0 spiro atoms. The number of Topliss-reactive ketones (excluding diaryl/α,β-unsaturated/α-hetero) is 1. The number of anilines is 2. The molecule has 2 N–H and O–H groups in total. The highest BCUT2D eigenvalue weighted by atomic mass is 35.5. The predicted molar refractivity (Wildman–Crippen MR) is 121 cm³/mol. The average molecular weight is 461 g/mol. The molecule has 1 fully saturated rings. The minimum absolute atomic E-state index is 0.0140. The van der Waals surface area contributed by atoms with Crippen molar-refractivity contribution in [1.82, 2.24) is 4.98 Å². The standard InChI is InChI=1S/C24H23ClF2N2O3/c1-12(2)21(30)19-22(31)18-20(29-24(19)28-14-7-5-6-13(26)10-14)17(27)11-16(25)23(18)32-15-8-3-4-9-15/h5-7,10-12,15H,3-4,8-9H2,1-2H3,(H2,28,29,31). The number of pyridine rings is 1. The molecule has 2 aromatic carbocycles. The molecule has 0 bridgehead atoms. The number of hydrogen-bond acceptors (Lipinski definition) is 4. The summed E-state index contributed by atoms with van der Waals surface area (Å²) in [6, 6.07) is 6.61. The van der Waals surface area contributed by atoms with Crippen LogP contribution in [0.25, 0.3) is 10.9 Å². The number of hydrogen-bond donors (Lipinski definition) is 2. The maximum atomic E-state index is 14.9. The van der Waals surface area contributed by atoms with E-state index in [1.807, 2.05) is 0 Å². The third kappa shape index (κ3) is 4.21. The van der Waals surface area contributed by atoms with E-state index in [0.717, 1.165) is 31.7 Å². The fraction of sp³-hybridized carbons (Fsp3) is 0.333. The Morgan fingerprint density at radius 2 is 1.94 bits per heavy atom. The van der Waals surface area contributed by atoms with Gasteiger partial charge in [-0.15, -0.1) is 0 Å². The molecular weight excluding hydrogens is 438 g/mol. The van der Waals surface area contributed by atoms with Gasteiger partial charge in [0.25, 0.3) is 0 Å². The van der Waals surface area contributed by atoms with Crippen molar-refractivity contribution in [3.8, 4) is 5.75 Å². The number of fused-ring (bicyclic) bond motifs is 1. The summed E-state index contributed by atoms with van der Waals surface area (Å²) in [5, 5.41) is 2.73. The summed E-state index contributed by atoms with van der Waals surface area (Å²) in [7, 11) is 0. The second kappa shape index (κ2) is 8.90. The summed E-state index contributed by atoms with van der Waals surface area (Å²) in [6.45, 7) is 3.32. The molecule has 1 aliphatic rings. The van der Waals surface area contributed by atoms with Crippen LogP contribution in [-0.4, -0.2) is 16.9 Å². The van der Waals surface area contributed by atoms with Gasteiger partial charge < -0.3 is 15.0 Å². The maximum Gasteiger partial charge on any atom is 0.206 e. The molecule has 3 aromatic rings. The van der Waals surface area contributed by atoms with E-state index >= 15 is 0 Å². The zero-order valence-corrected chi connectivity index (χ0v) is 18.5. The highest BCUT2D eigenvalue weighted by molar-refractivity contribution is 6.33. The topological polar surface area (TPSA) is 71.2 Å². The Labute approximate surface area is 188 Å². The number of H-pyrrole nitrogens is 1. The fourth-order valence-corrected chi connectivity index (χ4v) is 4.22. The van der Waals surface area contributed by atoms with Gasteiger partial charge in [-0.2, -0.15) is 0 Å². The summed E-state index contributed by atoms with van der Waals surface area (Å²) >= 11 is 6.28. The molecule has 0 unspecified atom stereocenters. The van der Waals surface area contributed by atoms with E-state index in [1.165, 1.54) is 18.2 Å². The van der Waals surface area contributed by atoms with Crippen LogP contribution in [0.1, 0.15) is 49.9 Å². The first-order valence-corrected chi connectivity index (χ1v) is 11.0. The number of ether oxygens (including phenoxy) is 1. The van der Waals surface area contributed by atoms with E-state index in [-0.39, 0.29) is 39.2 Å². The Bertz CT molecular complexity index is 1250. The molecule has 5 nitrogen and oxygen atoms in total. The number of carbonyl (C=O) groups excluding carboxylic acids is 1. The highest BCUT2D eigenvalue weighted by Crippen LogP contribution is 2.37. The summed E-state index contributed by atoms with van der Waals surface area (Å²) < 4.78 is 34.6. The van der Waals surface area contributed by atoms with Gasteiger partial charge in [-0.25, -0.2) is 8.78 Å². The number of ketones is 1. The predicted octanol–water partition coefficient (Wildman–Crippen LogP) is 6.36. The Morgan fingerprint density at radius 3 is 2.59 bits per heavy atom. The van der Waals surface area contributed by atoms with Crippen LogP contribution in [0, 0.1) is 17.6 Å². The van der Waals surface area contributed by atoms with Gasteiger partial charge in [-0.3, -0.25) is 9.59 Å². The molecule has 8 heteroatoms. The summed E-state index contributed by atoms with van der Waals surface area (Å²) in [4.78, 5) is 29.4. The Balaban J connectivity index is 1.96. The second-order valence-corrected chi connectivity index (χ2v) is 8.71. The minimum Gasteiger partial charge on any atom is -0.488 e. The molecule has 0 radical (unpaired) electrons. The number of benzene rings is 2. The van der Waals surface area contributed by atoms with Gasteiger partial charge in [-0.05, 0) is 49.9 Å². The van der Waals surface area contributed by atoms with Crippen molar-refractivity contribution in [3.63, 3.8) is 0 Å². The lowest BCUT2D eigenvalue weighted by atomic mass is 9.98. The van der Waals surface area contributed by atoms with E-state index in [9.17, 15) is 18.4 Å². The number of aromatic nitrogens is 1. The molecule has 1 aromatic heterocycles. The highest BCUT2D eigenvalue weighted by Gasteiger charge is 2.28. The van der Waals surface area contributed by atoms with Crippen LogP contribution in [0.2, 0.25) is 5.02 Å². The third-order valence-electron chi connectivity index (χ3n) is 5.59. The summed E-state index contributed by atoms with van der Waals surface area (Å²) in [5.74, 6) is -2.15. The Morgan fingerprint density at radius 1 is 1.22 bits per heavy atom. The first-order valence-electron chi connectivity index (χ1n) is 10.6. The number of rotatable bonds is 6. The van der Waals surface area contributed by atoms with Crippen molar-refractivity contribution in [2.45, 2.75) is 45.6 Å². The van der Waals surface area contributed by atoms with Gasteiger partial charge in [0.2, 0.25) is 5.43 Å². The van der Waals surface area contributed by atoms with E-state index < -0.39 is 28.8 Å². The second-order valence-electron chi connectivity index (χ2n) is 8.30. The Hall–Kier alpha value is -2.93. The van der Waals surface area contributed by atoms with Crippen LogP contribution in [-0.2, 0) is 0 Å². The lowest BCUT2D eigenvalue weighted by molar-refractivity contribution is 0.0939. The maximum absolute atomic E-state index is 14.9. The molecule has 0 saturated heterocycles. The molecule has 1 aliphatic carbocycles. The first kappa shape index (κ1) is 22.3. The van der Waals surface area contributed by atoms with E-state index in [2.05, 4.69) is 10.3 Å². The SMILES string of the molecule is CC(C)C(=O)c1c(Nc2cccc(F)c2)[nH]c2c(F)cc(Cl)c(OC3CCCC3)c2c1=O. The van der Waals surface area contributed by atoms with Gasteiger partial charge in [0.05, 0.1) is 22.0 Å². The quantitative estimate of drug-likeness (QED) is 0.420. The molecule has 168 valence electrons. The van der Waals surface area contributed by atoms with Crippen molar-refractivity contribution >= 4 is 39.8 Å². The van der Waals surface area contributed by atoms with Gasteiger partial charge in [0.1, 0.15) is 23.0 Å². The monoisotopic (exact) mass is 460 g/mol. The van der Waals surface area contributed by atoms with E-state index in [1.54, 1.807) is 19.9 Å². The van der Waals surface area contributed by atoms with Gasteiger partial charge in [-0.1, -0.05) is 31.5 Å². The molecule has 1 saturated carbocycles. The molecule has 4 rings (SSSR count). The summed E-state index contributed by atoms with van der Waals surface area (Å²) in [6.07, 6.45) is 3.48. The van der Waals surface area contributed by atoms with Crippen molar-refractivity contribution in [3.05, 3.63) is 62.8 Å². The van der Waals surface area contributed by atoms with Crippen LogP contribution in [0.4, 0.5) is 20.3 Å². The molecular formula is C24H23ClF2N2O3. The third-order valence-corrected chi connectivity index (χ3v) is 5.87. The number of carbonyl (C=O) groups is 1. The molecule has 0 amide bonds. The molecule has 1 heterocycles. The number of aromatic amines is 1. The van der Waals surface area contributed by atoms with Gasteiger partial charge in [0, 0.05) is 11.6 Å². The van der Waals surface area contributed by atoms with E-state index in [4.69, 9.17) is 16.3 Å². The fourth-order valence-electron chi connectivity index (χ4n) is 3.98. The number of nitrogens with one attached hydrogen (secondary N) is 2. The lowest BCUT2D eigenvalue weighted by Gasteiger charge is -2.19. The normalized spacial score (nSPS) is 14.3. The molecule has 0 aliphatic heterocycles. The lowest BCUT2D eigenvalue weighted by Crippen LogP contribution is -2.24. The molecule has 0 atom stereocenters. The Kier molecular flexibility index (Phi) is 6.20. The van der Waals surface area contributed by atoms with Crippen LogP contribution in [0.5, 0.6) is 5.75 Å². The minimum atomic E-state index is -0.758. The van der Waals surface area contributed by atoms with Crippen LogP contribution in [0.3, 0.4) is 0 Å². The van der Waals surface area contributed by atoms with Crippen LogP contribution >= 0.6 is 11.6 Å². The first-order chi connectivity index (χ1) is 15.3. The van der Waals surface area contributed by atoms with E-state index in [0.29, 0.717) is 5.69 Å². The van der Waals surface area contributed by atoms with Crippen molar-refractivity contribution in [2.24, 2.45) is 5.92 Å². The average Bonchev–Trinajstić information content (AvgIpc) is 3.24. The van der Waals surface area contributed by atoms with Gasteiger partial charge >= 0.3 is 0 Å². The summed E-state index contributed by atoms with van der Waals surface area (Å²) in [5.41, 5.74) is -0.707. The van der Waals surface area contributed by atoms with Crippen molar-refractivity contribution < 1.29 is 18.3 Å². The zero-order valence-electron chi connectivity index (χ0n) is 17.7. The largest absolute Gasteiger partial charge is 0.488 e.